The molecule has 4 heteroatoms. The van der Waals surface area contributed by atoms with Gasteiger partial charge in [-0.3, -0.25) is 0 Å². The van der Waals surface area contributed by atoms with Gasteiger partial charge in [0.2, 0.25) is 0 Å². The summed E-state index contributed by atoms with van der Waals surface area (Å²) in [5, 5.41) is 0. The van der Waals surface area contributed by atoms with Crippen LogP contribution in [0.2, 0.25) is 0 Å². The molecule has 0 N–H and O–H groups in total. The van der Waals surface area contributed by atoms with E-state index in [1.165, 1.54) is 89.9 Å². The van der Waals surface area contributed by atoms with E-state index < -0.39 is 0 Å². The van der Waals surface area contributed by atoms with Gasteiger partial charge in [0.1, 0.15) is 12.2 Å². The molecule has 6 saturated carbocycles. The van der Waals surface area contributed by atoms with Crippen molar-refractivity contribution < 1.29 is 19.1 Å². The molecule has 6 aliphatic carbocycles. The van der Waals surface area contributed by atoms with Gasteiger partial charge in [-0.2, -0.15) is 0 Å². The predicted octanol–water partition coefficient (Wildman–Crippen LogP) is 10.8. The Hall–Kier alpha value is -1.84. The first kappa shape index (κ1) is 32.7. The van der Waals surface area contributed by atoms with Gasteiger partial charge in [-0.1, -0.05) is 106 Å². The summed E-state index contributed by atoms with van der Waals surface area (Å²) < 4.78 is 13.1. The number of rotatable bonds is 8. The fraction of sp³-hybridized carbons (Fsp3) is 0.810. The lowest BCUT2D eigenvalue weighted by atomic mass is 9.69. The molecule has 0 heterocycles. The van der Waals surface area contributed by atoms with E-state index in [1.807, 2.05) is 0 Å². The zero-order valence-corrected chi connectivity index (χ0v) is 29.9. The minimum atomic E-state index is -0.238. The minimum absolute atomic E-state index is 0.00905. The lowest BCUT2D eigenvalue weighted by molar-refractivity contribution is -0.0460. The molecular formula is C42H62O4. The summed E-state index contributed by atoms with van der Waals surface area (Å²) in [6.45, 7) is 14.4. The van der Waals surface area contributed by atoms with E-state index in [9.17, 15) is 9.59 Å². The Morgan fingerprint density at radius 3 is 1.26 bits per heavy atom. The number of benzene rings is 1. The van der Waals surface area contributed by atoms with E-state index in [4.69, 9.17) is 9.47 Å². The summed E-state index contributed by atoms with van der Waals surface area (Å²) in [6.07, 6.45) is 20.6. The molecule has 4 nitrogen and oxygen atoms in total. The number of carbonyl (C=O) groups is 2. The molecule has 254 valence electrons. The molecule has 0 amide bonds. The summed E-state index contributed by atoms with van der Waals surface area (Å²) in [7, 11) is 0. The summed E-state index contributed by atoms with van der Waals surface area (Å²) in [4.78, 5) is 27.4. The Balaban J connectivity index is 1.04. The first-order valence-electron chi connectivity index (χ1n) is 19.4. The SMILES string of the molecule is CC1(C)[C@H]2CC[C@]1(C)[C@H](OC(=O)c1ccc(C(=O)O[C@@H]3[C@@H](CC4CCCCC4)[C@@H]4CC[C@@]3(C)C4(C)C)cc1)[C@H]2CC1CCCCC1. The average Bonchev–Trinajstić information content (AvgIpc) is 3.54. The van der Waals surface area contributed by atoms with Crippen molar-refractivity contribution in [3.8, 4) is 0 Å². The van der Waals surface area contributed by atoms with Crippen LogP contribution in [0.5, 0.6) is 0 Å². The predicted molar refractivity (Wildman–Crippen MR) is 183 cm³/mol. The van der Waals surface area contributed by atoms with Crippen molar-refractivity contribution in [1.29, 1.82) is 0 Å². The first-order valence-corrected chi connectivity index (χ1v) is 19.4. The second kappa shape index (κ2) is 11.9. The van der Waals surface area contributed by atoms with Crippen molar-refractivity contribution in [2.45, 2.75) is 156 Å². The van der Waals surface area contributed by atoms with E-state index >= 15 is 0 Å². The van der Waals surface area contributed by atoms with Crippen LogP contribution in [-0.4, -0.2) is 24.1 Å². The van der Waals surface area contributed by atoms with Crippen LogP contribution < -0.4 is 0 Å². The number of fused-ring (bicyclic) bond motifs is 4. The van der Waals surface area contributed by atoms with Crippen LogP contribution in [0.25, 0.3) is 0 Å². The third kappa shape index (κ3) is 5.12. The Labute approximate surface area is 279 Å². The normalized spacial score (nSPS) is 39.9. The lowest BCUT2D eigenvalue weighted by Gasteiger charge is -2.40. The number of hydrogen-bond acceptors (Lipinski definition) is 4. The van der Waals surface area contributed by atoms with E-state index in [0.717, 1.165) is 24.7 Å². The van der Waals surface area contributed by atoms with Gasteiger partial charge < -0.3 is 9.47 Å². The molecule has 0 saturated heterocycles. The maximum absolute atomic E-state index is 13.7. The third-order valence-corrected chi connectivity index (χ3v) is 16.3. The molecule has 0 aromatic heterocycles. The lowest BCUT2D eigenvalue weighted by Crippen LogP contribution is -2.41. The Kier molecular flexibility index (Phi) is 8.49. The molecular weight excluding hydrogens is 568 g/mol. The van der Waals surface area contributed by atoms with E-state index in [2.05, 4.69) is 41.5 Å². The molecule has 0 aliphatic heterocycles. The fourth-order valence-corrected chi connectivity index (χ4v) is 12.7. The molecule has 6 aliphatic rings. The fourth-order valence-electron chi connectivity index (χ4n) is 12.7. The quantitative estimate of drug-likeness (QED) is 0.268. The Bertz CT molecular complexity index is 1180. The van der Waals surface area contributed by atoms with E-state index in [-0.39, 0.29) is 45.8 Å². The van der Waals surface area contributed by atoms with Crippen LogP contribution in [0.15, 0.2) is 24.3 Å². The van der Waals surface area contributed by atoms with Crippen molar-refractivity contribution in [2.75, 3.05) is 0 Å². The zero-order chi connectivity index (χ0) is 32.5. The minimum Gasteiger partial charge on any atom is -0.458 e. The standard InChI is InChI=1S/C42H62O4/c1-39(2)33-21-23-41(39,5)35(31(33)25-27-13-9-7-10-14-27)45-37(43)29-17-19-30(20-18-29)38(44)46-36-32(26-28-15-11-8-12-16-28)34-22-24-42(36,6)40(34,3)4/h17-20,27-28,31-36H,7-16,21-26H2,1-6H3/t31-,32-,33-,34-,35+,36+,41+,42+/m0/s1. The van der Waals surface area contributed by atoms with Crippen LogP contribution >= 0.6 is 0 Å². The Morgan fingerprint density at radius 2 is 0.913 bits per heavy atom. The van der Waals surface area contributed by atoms with Gasteiger partial charge in [0.15, 0.2) is 0 Å². The molecule has 4 bridgehead atoms. The highest BCUT2D eigenvalue weighted by atomic mass is 16.6. The number of hydrogen-bond donors (Lipinski definition) is 0. The van der Waals surface area contributed by atoms with Crippen LogP contribution in [-0.2, 0) is 9.47 Å². The van der Waals surface area contributed by atoms with Gasteiger partial charge in [-0.25, -0.2) is 9.59 Å². The van der Waals surface area contributed by atoms with E-state index in [1.54, 1.807) is 24.3 Å². The molecule has 1 aromatic carbocycles. The van der Waals surface area contributed by atoms with Crippen LogP contribution in [0.1, 0.15) is 165 Å². The summed E-state index contributed by atoms with van der Waals surface area (Å²) in [6, 6.07) is 7.17. The smallest absolute Gasteiger partial charge is 0.338 e. The van der Waals surface area contributed by atoms with Crippen LogP contribution in [0, 0.1) is 57.2 Å². The zero-order valence-electron chi connectivity index (χ0n) is 29.9. The van der Waals surface area contributed by atoms with Gasteiger partial charge in [0.05, 0.1) is 11.1 Å². The van der Waals surface area contributed by atoms with Crippen molar-refractivity contribution in [3.63, 3.8) is 0 Å². The van der Waals surface area contributed by atoms with Crippen molar-refractivity contribution in [2.24, 2.45) is 57.2 Å². The monoisotopic (exact) mass is 630 g/mol. The molecule has 8 atom stereocenters. The maximum Gasteiger partial charge on any atom is 0.338 e. The second-order valence-electron chi connectivity index (χ2n) is 18.6. The highest BCUT2D eigenvalue weighted by Crippen LogP contribution is 2.71. The second-order valence-corrected chi connectivity index (χ2v) is 18.6. The van der Waals surface area contributed by atoms with E-state index in [0.29, 0.717) is 34.8 Å². The van der Waals surface area contributed by atoms with Gasteiger partial charge in [-0.05, 0) is 97.3 Å². The molecule has 0 unspecified atom stereocenters. The van der Waals surface area contributed by atoms with Gasteiger partial charge in [-0.15, -0.1) is 0 Å². The third-order valence-electron chi connectivity index (χ3n) is 16.3. The highest BCUT2D eigenvalue weighted by molar-refractivity contribution is 5.93. The van der Waals surface area contributed by atoms with Crippen molar-refractivity contribution in [1.82, 2.24) is 0 Å². The van der Waals surface area contributed by atoms with Gasteiger partial charge in [0.25, 0.3) is 0 Å². The first-order chi connectivity index (χ1) is 21.9. The molecule has 0 spiro atoms. The number of carbonyl (C=O) groups excluding carboxylic acids is 2. The summed E-state index contributed by atoms with van der Waals surface area (Å²) in [5.74, 6) is 3.20. The highest BCUT2D eigenvalue weighted by Gasteiger charge is 2.68. The van der Waals surface area contributed by atoms with Crippen molar-refractivity contribution >= 4 is 11.9 Å². The largest absolute Gasteiger partial charge is 0.458 e. The van der Waals surface area contributed by atoms with Gasteiger partial charge in [0, 0.05) is 22.7 Å². The topological polar surface area (TPSA) is 52.6 Å². The molecule has 7 rings (SSSR count). The summed E-state index contributed by atoms with van der Waals surface area (Å²) >= 11 is 0. The van der Waals surface area contributed by atoms with Gasteiger partial charge >= 0.3 is 11.9 Å². The van der Waals surface area contributed by atoms with Crippen molar-refractivity contribution in [3.05, 3.63) is 35.4 Å². The molecule has 0 radical (unpaired) electrons. The van der Waals surface area contributed by atoms with Crippen LogP contribution in [0.4, 0.5) is 0 Å². The molecule has 1 aromatic rings. The van der Waals surface area contributed by atoms with Crippen LogP contribution in [0.3, 0.4) is 0 Å². The maximum atomic E-state index is 13.7. The Morgan fingerprint density at radius 1 is 0.565 bits per heavy atom. The summed E-state index contributed by atoms with van der Waals surface area (Å²) in [5.41, 5.74) is 1.44. The molecule has 46 heavy (non-hydrogen) atoms. The number of esters is 2. The molecule has 6 fully saturated rings. The number of ether oxygens (including phenoxy) is 2. The average molecular weight is 631 g/mol.